The number of amides is 1. The van der Waals surface area contributed by atoms with Gasteiger partial charge in [0.25, 0.3) is 0 Å². The van der Waals surface area contributed by atoms with E-state index in [1.165, 1.54) is 29.3 Å². The Bertz CT molecular complexity index is 777. The maximum absolute atomic E-state index is 13.1. The molecule has 0 spiro atoms. The molecule has 2 saturated heterocycles. The number of benzene rings is 1. The van der Waals surface area contributed by atoms with Crippen LogP contribution >= 0.6 is 0 Å². The van der Waals surface area contributed by atoms with E-state index >= 15 is 0 Å². The van der Waals surface area contributed by atoms with Gasteiger partial charge in [-0.05, 0) is 81.9 Å². The second-order valence-corrected chi connectivity index (χ2v) is 10.3. The molecule has 2 aliphatic heterocycles. The standard InChI is InChI=1S/C21H32FN3O3S/c1-17-9-14-24(15-10-17)12-3-11-23-21(26)18-4-2-13-25(16-18)29(27,28)20-7-5-19(22)6-8-20/h5-8,17-18H,2-4,9-16H2,1H3,(H,23,26). The number of nitrogens with zero attached hydrogens (tertiary/aromatic N) is 2. The third-order valence-electron chi connectivity index (χ3n) is 6.03. The summed E-state index contributed by atoms with van der Waals surface area (Å²) in [6.45, 7) is 6.73. The van der Waals surface area contributed by atoms with Gasteiger partial charge >= 0.3 is 0 Å². The maximum atomic E-state index is 13.1. The molecule has 1 aromatic rings. The highest BCUT2D eigenvalue weighted by Gasteiger charge is 2.33. The van der Waals surface area contributed by atoms with Crippen LogP contribution in [-0.4, -0.2) is 62.8 Å². The van der Waals surface area contributed by atoms with Crippen LogP contribution in [0.25, 0.3) is 0 Å². The molecule has 2 fully saturated rings. The van der Waals surface area contributed by atoms with Crippen molar-refractivity contribution in [2.75, 3.05) is 39.3 Å². The second kappa shape index (κ2) is 10.00. The molecular weight excluding hydrogens is 393 g/mol. The number of carbonyl (C=O) groups is 1. The molecule has 3 rings (SSSR count). The van der Waals surface area contributed by atoms with Gasteiger partial charge in [-0.1, -0.05) is 6.92 Å². The molecule has 0 bridgehead atoms. The minimum Gasteiger partial charge on any atom is -0.356 e. The largest absolute Gasteiger partial charge is 0.356 e. The summed E-state index contributed by atoms with van der Waals surface area (Å²) in [7, 11) is -3.71. The molecule has 0 radical (unpaired) electrons. The molecule has 1 atom stereocenters. The predicted molar refractivity (Wildman–Crippen MR) is 110 cm³/mol. The third-order valence-corrected chi connectivity index (χ3v) is 7.91. The number of halogens is 1. The van der Waals surface area contributed by atoms with Gasteiger partial charge in [-0.2, -0.15) is 4.31 Å². The molecule has 2 aliphatic rings. The van der Waals surface area contributed by atoms with Crippen LogP contribution in [0.4, 0.5) is 4.39 Å². The van der Waals surface area contributed by atoms with E-state index in [-0.39, 0.29) is 23.3 Å². The lowest BCUT2D eigenvalue weighted by atomic mass is 9.98. The Labute approximate surface area is 173 Å². The molecule has 6 nitrogen and oxygen atoms in total. The first-order chi connectivity index (χ1) is 13.9. The van der Waals surface area contributed by atoms with E-state index < -0.39 is 15.8 Å². The summed E-state index contributed by atoms with van der Waals surface area (Å²) in [6, 6.07) is 4.83. The zero-order valence-electron chi connectivity index (χ0n) is 17.1. The average molecular weight is 426 g/mol. The van der Waals surface area contributed by atoms with Gasteiger partial charge in [0, 0.05) is 19.6 Å². The summed E-state index contributed by atoms with van der Waals surface area (Å²) >= 11 is 0. The first-order valence-electron chi connectivity index (χ1n) is 10.6. The summed E-state index contributed by atoms with van der Waals surface area (Å²) in [6.07, 6.45) is 4.72. The van der Waals surface area contributed by atoms with Gasteiger partial charge in [0.15, 0.2) is 0 Å². The number of sulfonamides is 1. The molecule has 1 amide bonds. The maximum Gasteiger partial charge on any atom is 0.243 e. The number of rotatable bonds is 7. The number of piperidine rings is 2. The van der Waals surface area contributed by atoms with Crippen molar-refractivity contribution in [3.63, 3.8) is 0 Å². The number of likely N-dealkylation sites (tertiary alicyclic amines) is 1. The van der Waals surface area contributed by atoms with Crippen LogP contribution in [0.3, 0.4) is 0 Å². The Morgan fingerprint density at radius 1 is 1.14 bits per heavy atom. The average Bonchev–Trinajstić information content (AvgIpc) is 2.73. The fourth-order valence-electron chi connectivity index (χ4n) is 4.07. The van der Waals surface area contributed by atoms with E-state index in [4.69, 9.17) is 0 Å². The molecule has 29 heavy (non-hydrogen) atoms. The van der Waals surface area contributed by atoms with Crippen molar-refractivity contribution < 1.29 is 17.6 Å². The molecule has 8 heteroatoms. The first-order valence-corrected chi connectivity index (χ1v) is 12.1. The first kappa shape index (κ1) is 22.2. The number of carbonyl (C=O) groups excluding carboxylic acids is 1. The lowest BCUT2D eigenvalue weighted by molar-refractivity contribution is -0.126. The smallest absolute Gasteiger partial charge is 0.243 e. The normalized spacial score (nSPS) is 22.5. The van der Waals surface area contributed by atoms with Crippen molar-refractivity contribution in [1.82, 2.24) is 14.5 Å². The zero-order chi connectivity index (χ0) is 20.9. The Hall–Kier alpha value is -1.51. The molecule has 0 saturated carbocycles. The minimum absolute atomic E-state index is 0.0656. The SMILES string of the molecule is CC1CCN(CCCNC(=O)C2CCCN(S(=O)(=O)c3ccc(F)cc3)C2)CC1. The van der Waals surface area contributed by atoms with E-state index in [1.54, 1.807) is 0 Å². The molecule has 2 heterocycles. The number of hydrogen-bond acceptors (Lipinski definition) is 4. The Kier molecular flexibility index (Phi) is 7.65. The molecule has 162 valence electrons. The van der Waals surface area contributed by atoms with Crippen molar-refractivity contribution in [3.8, 4) is 0 Å². The van der Waals surface area contributed by atoms with Crippen molar-refractivity contribution in [3.05, 3.63) is 30.1 Å². The summed E-state index contributed by atoms with van der Waals surface area (Å²) in [5.74, 6) is -0.0728. The van der Waals surface area contributed by atoms with E-state index in [1.807, 2.05) is 0 Å². The fourth-order valence-corrected chi connectivity index (χ4v) is 5.60. The molecule has 1 aromatic carbocycles. The summed E-state index contributed by atoms with van der Waals surface area (Å²) < 4.78 is 40.0. The third kappa shape index (κ3) is 5.99. The van der Waals surface area contributed by atoms with Gasteiger partial charge in [0.2, 0.25) is 15.9 Å². The van der Waals surface area contributed by atoms with Crippen LogP contribution in [-0.2, 0) is 14.8 Å². The van der Waals surface area contributed by atoms with Gasteiger partial charge in [0.1, 0.15) is 5.82 Å². The van der Waals surface area contributed by atoms with Crippen LogP contribution in [0.15, 0.2) is 29.2 Å². The Balaban J connectivity index is 1.46. The predicted octanol–water partition coefficient (Wildman–Crippen LogP) is 2.46. The van der Waals surface area contributed by atoms with Gasteiger partial charge in [-0.3, -0.25) is 4.79 Å². The highest BCUT2D eigenvalue weighted by molar-refractivity contribution is 7.89. The number of hydrogen-bond donors (Lipinski definition) is 1. The summed E-state index contributed by atoms with van der Waals surface area (Å²) in [5, 5.41) is 2.98. The monoisotopic (exact) mass is 425 g/mol. The molecule has 0 aromatic heterocycles. The van der Waals surface area contributed by atoms with Crippen molar-refractivity contribution in [2.24, 2.45) is 11.8 Å². The fraction of sp³-hybridized carbons (Fsp3) is 0.667. The van der Waals surface area contributed by atoms with Crippen LogP contribution < -0.4 is 5.32 Å². The van der Waals surface area contributed by atoms with Crippen LogP contribution in [0.5, 0.6) is 0 Å². The lowest BCUT2D eigenvalue weighted by Gasteiger charge is -2.31. The van der Waals surface area contributed by atoms with Crippen molar-refractivity contribution in [2.45, 2.75) is 43.9 Å². The van der Waals surface area contributed by atoms with E-state index in [2.05, 4.69) is 17.1 Å². The molecular formula is C21H32FN3O3S. The van der Waals surface area contributed by atoms with Gasteiger partial charge in [0.05, 0.1) is 10.8 Å². The van der Waals surface area contributed by atoms with Gasteiger partial charge in [-0.15, -0.1) is 0 Å². The molecule has 1 unspecified atom stereocenters. The van der Waals surface area contributed by atoms with E-state index in [0.29, 0.717) is 25.9 Å². The van der Waals surface area contributed by atoms with Gasteiger partial charge < -0.3 is 10.2 Å². The topological polar surface area (TPSA) is 69.7 Å². The highest BCUT2D eigenvalue weighted by Crippen LogP contribution is 2.24. The highest BCUT2D eigenvalue weighted by atomic mass is 32.2. The van der Waals surface area contributed by atoms with Crippen LogP contribution in [0, 0.1) is 17.7 Å². The molecule has 0 aliphatic carbocycles. The number of nitrogens with one attached hydrogen (secondary N) is 1. The quantitative estimate of drug-likeness (QED) is 0.682. The summed E-state index contributed by atoms with van der Waals surface area (Å²) in [5.41, 5.74) is 0. The van der Waals surface area contributed by atoms with Gasteiger partial charge in [-0.25, -0.2) is 12.8 Å². The van der Waals surface area contributed by atoms with Crippen molar-refractivity contribution >= 4 is 15.9 Å². The zero-order valence-corrected chi connectivity index (χ0v) is 18.0. The summed E-state index contributed by atoms with van der Waals surface area (Å²) in [4.78, 5) is 15.1. The second-order valence-electron chi connectivity index (χ2n) is 8.32. The molecule has 1 N–H and O–H groups in total. The van der Waals surface area contributed by atoms with Crippen molar-refractivity contribution in [1.29, 1.82) is 0 Å². The van der Waals surface area contributed by atoms with Crippen LogP contribution in [0.1, 0.15) is 39.0 Å². The Morgan fingerprint density at radius 3 is 2.52 bits per heavy atom. The Morgan fingerprint density at radius 2 is 1.83 bits per heavy atom. The minimum atomic E-state index is -3.71. The van der Waals surface area contributed by atoms with Crippen LogP contribution in [0.2, 0.25) is 0 Å². The lowest BCUT2D eigenvalue weighted by Crippen LogP contribution is -2.45. The van der Waals surface area contributed by atoms with E-state index in [9.17, 15) is 17.6 Å². The van der Waals surface area contributed by atoms with E-state index in [0.717, 1.165) is 44.1 Å².